The zero-order valence-corrected chi connectivity index (χ0v) is 12.0. The van der Waals surface area contributed by atoms with Crippen molar-refractivity contribution >= 4 is 5.91 Å². The van der Waals surface area contributed by atoms with Crippen LogP contribution in [-0.4, -0.2) is 38.8 Å². The number of ether oxygens (including phenoxy) is 1. The van der Waals surface area contributed by atoms with Crippen LogP contribution in [0.15, 0.2) is 0 Å². The highest BCUT2D eigenvalue weighted by atomic mass is 16.5. The molecular formula is C14H28N2O2. The molecule has 1 amide bonds. The van der Waals surface area contributed by atoms with Crippen molar-refractivity contribution in [3.8, 4) is 0 Å². The van der Waals surface area contributed by atoms with Crippen LogP contribution in [0.1, 0.15) is 39.5 Å². The van der Waals surface area contributed by atoms with E-state index in [1.807, 2.05) is 0 Å². The molecule has 1 saturated carbocycles. The average Bonchev–Trinajstić information content (AvgIpc) is 2.28. The third-order valence-electron chi connectivity index (χ3n) is 3.59. The van der Waals surface area contributed by atoms with Crippen LogP contribution in [0.25, 0.3) is 0 Å². The lowest BCUT2D eigenvalue weighted by molar-refractivity contribution is -0.121. The van der Waals surface area contributed by atoms with Gasteiger partial charge in [-0.15, -0.1) is 0 Å². The molecule has 1 aliphatic carbocycles. The molecule has 0 spiro atoms. The molecule has 0 radical (unpaired) electrons. The Kier molecular flexibility index (Phi) is 7.28. The molecule has 4 heteroatoms. The average molecular weight is 256 g/mol. The summed E-state index contributed by atoms with van der Waals surface area (Å²) in [5.74, 6) is 1.72. The van der Waals surface area contributed by atoms with Gasteiger partial charge in [0.1, 0.15) is 0 Å². The first-order valence-corrected chi connectivity index (χ1v) is 7.10. The van der Waals surface area contributed by atoms with Gasteiger partial charge < -0.3 is 15.4 Å². The van der Waals surface area contributed by atoms with Gasteiger partial charge >= 0.3 is 0 Å². The summed E-state index contributed by atoms with van der Waals surface area (Å²) in [4.78, 5) is 11.5. The van der Waals surface area contributed by atoms with E-state index in [1.54, 1.807) is 7.11 Å². The summed E-state index contributed by atoms with van der Waals surface area (Å²) < 4.78 is 4.89. The summed E-state index contributed by atoms with van der Waals surface area (Å²) in [6.07, 6.45) is 4.39. The van der Waals surface area contributed by atoms with Crippen molar-refractivity contribution < 1.29 is 9.53 Å². The Morgan fingerprint density at radius 2 is 1.83 bits per heavy atom. The van der Waals surface area contributed by atoms with Crippen LogP contribution >= 0.6 is 0 Å². The van der Waals surface area contributed by atoms with Crippen LogP contribution in [0.4, 0.5) is 0 Å². The number of hydrogen-bond donors (Lipinski definition) is 2. The first kappa shape index (κ1) is 15.4. The molecule has 2 N–H and O–H groups in total. The van der Waals surface area contributed by atoms with Gasteiger partial charge in [0.2, 0.25) is 5.91 Å². The third-order valence-corrected chi connectivity index (χ3v) is 3.59. The van der Waals surface area contributed by atoms with Gasteiger partial charge in [0.15, 0.2) is 0 Å². The molecule has 4 nitrogen and oxygen atoms in total. The Morgan fingerprint density at radius 1 is 1.17 bits per heavy atom. The molecule has 0 aromatic rings. The minimum Gasteiger partial charge on any atom is -0.383 e. The van der Waals surface area contributed by atoms with Crippen LogP contribution in [0.3, 0.4) is 0 Å². The first-order valence-electron chi connectivity index (χ1n) is 7.10. The molecule has 1 fully saturated rings. The maximum absolute atomic E-state index is 11.5. The predicted molar refractivity (Wildman–Crippen MR) is 73.5 cm³/mol. The summed E-state index contributed by atoms with van der Waals surface area (Å²) in [5.41, 5.74) is 0. The number of nitrogens with one attached hydrogen (secondary N) is 2. The number of carbonyl (C=O) groups is 1. The normalized spacial score (nSPS) is 28.1. The molecule has 0 unspecified atom stereocenters. The van der Waals surface area contributed by atoms with Gasteiger partial charge in [0.25, 0.3) is 0 Å². The van der Waals surface area contributed by atoms with E-state index >= 15 is 0 Å². The molecular weight excluding hydrogens is 228 g/mol. The van der Waals surface area contributed by atoms with E-state index in [9.17, 15) is 4.79 Å². The Morgan fingerprint density at radius 3 is 2.44 bits per heavy atom. The van der Waals surface area contributed by atoms with Crippen molar-refractivity contribution in [2.75, 3.05) is 26.8 Å². The second kappa shape index (κ2) is 8.48. The van der Waals surface area contributed by atoms with E-state index in [4.69, 9.17) is 4.74 Å². The molecule has 1 rings (SSSR count). The fourth-order valence-corrected chi connectivity index (χ4v) is 2.88. The zero-order valence-electron chi connectivity index (χ0n) is 12.0. The highest BCUT2D eigenvalue weighted by Gasteiger charge is 2.23. The highest BCUT2D eigenvalue weighted by molar-refractivity contribution is 5.76. The summed E-state index contributed by atoms with van der Waals surface area (Å²) in [5, 5.41) is 6.35. The predicted octanol–water partition coefficient (Wildman–Crippen LogP) is 1.55. The second-order valence-electron chi connectivity index (χ2n) is 5.66. The van der Waals surface area contributed by atoms with E-state index in [1.165, 1.54) is 19.3 Å². The van der Waals surface area contributed by atoms with Gasteiger partial charge in [-0.05, 0) is 31.1 Å². The van der Waals surface area contributed by atoms with Crippen molar-refractivity contribution in [1.29, 1.82) is 0 Å². The minimum absolute atomic E-state index is 0.108. The first-order chi connectivity index (χ1) is 8.61. The molecule has 1 aliphatic rings. The quantitative estimate of drug-likeness (QED) is 0.680. The Bertz CT molecular complexity index is 236. The lowest BCUT2D eigenvalue weighted by atomic mass is 9.80. The third kappa shape index (κ3) is 6.36. The van der Waals surface area contributed by atoms with Crippen molar-refractivity contribution in [3.63, 3.8) is 0 Å². The summed E-state index contributed by atoms with van der Waals surface area (Å²) in [6, 6.07) is 0.593. The smallest absolute Gasteiger partial charge is 0.221 e. The van der Waals surface area contributed by atoms with E-state index in [2.05, 4.69) is 24.5 Å². The van der Waals surface area contributed by atoms with E-state index < -0.39 is 0 Å². The fraction of sp³-hybridized carbons (Fsp3) is 0.929. The monoisotopic (exact) mass is 256 g/mol. The fourth-order valence-electron chi connectivity index (χ4n) is 2.88. The molecule has 0 bridgehead atoms. The number of rotatable bonds is 7. The topological polar surface area (TPSA) is 50.4 Å². The van der Waals surface area contributed by atoms with Gasteiger partial charge in [-0.25, -0.2) is 0 Å². The van der Waals surface area contributed by atoms with Gasteiger partial charge in [0, 0.05) is 32.7 Å². The van der Waals surface area contributed by atoms with E-state index in [-0.39, 0.29) is 5.91 Å². The largest absolute Gasteiger partial charge is 0.383 e. The van der Waals surface area contributed by atoms with Gasteiger partial charge in [-0.2, -0.15) is 0 Å². The lowest BCUT2D eigenvalue weighted by Crippen LogP contribution is -2.38. The molecule has 2 atom stereocenters. The van der Waals surface area contributed by atoms with Gasteiger partial charge in [-0.3, -0.25) is 4.79 Å². The van der Waals surface area contributed by atoms with Crippen LogP contribution in [0.5, 0.6) is 0 Å². The summed E-state index contributed by atoms with van der Waals surface area (Å²) in [7, 11) is 1.64. The second-order valence-corrected chi connectivity index (χ2v) is 5.66. The molecule has 106 valence electrons. The van der Waals surface area contributed by atoms with Crippen LogP contribution in [0, 0.1) is 11.8 Å². The summed E-state index contributed by atoms with van der Waals surface area (Å²) in [6.45, 7) is 6.61. The molecule has 0 aromatic heterocycles. The van der Waals surface area contributed by atoms with E-state index in [0.717, 1.165) is 18.4 Å². The van der Waals surface area contributed by atoms with Crippen molar-refractivity contribution in [2.24, 2.45) is 11.8 Å². The molecule has 0 aromatic carbocycles. The molecule has 0 aliphatic heterocycles. The Balaban J connectivity index is 2.08. The number of hydrogen-bond acceptors (Lipinski definition) is 3. The summed E-state index contributed by atoms with van der Waals surface area (Å²) >= 11 is 0. The zero-order chi connectivity index (χ0) is 13.4. The minimum atomic E-state index is 0.108. The maximum atomic E-state index is 11.5. The number of methoxy groups -OCH3 is 1. The molecule has 18 heavy (non-hydrogen) atoms. The van der Waals surface area contributed by atoms with Gasteiger partial charge in [-0.1, -0.05) is 13.8 Å². The molecule has 0 saturated heterocycles. The van der Waals surface area contributed by atoms with Gasteiger partial charge in [0.05, 0.1) is 6.61 Å². The Hall–Kier alpha value is -0.610. The standard InChI is InChI=1S/C14H28N2O2/c1-11-8-12(2)10-13(9-11)15-5-4-14(17)16-6-7-18-3/h11-13,15H,4-10H2,1-3H3,(H,16,17)/t11-,12-/m1/s1. The van der Waals surface area contributed by atoms with Crippen molar-refractivity contribution in [3.05, 3.63) is 0 Å². The van der Waals surface area contributed by atoms with Crippen LogP contribution < -0.4 is 10.6 Å². The molecule has 0 heterocycles. The van der Waals surface area contributed by atoms with Crippen molar-refractivity contribution in [1.82, 2.24) is 10.6 Å². The Labute approximate surface area is 111 Å². The SMILES string of the molecule is COCCNC(=O)CCNC1C[C@H](C)C[C@@H](C)C1. The van der Waals surface area contributed by atoms with Crippen LogP contribution in [0.2, 0.25) is 0 Å². The maximum Gasteiger partial charge on any atom is 0.221 e. The van der Waals surface area contributed by atoms with Crippen molar-refractivity contribution in [2.45, 2.75) is 45.6 Å². The van der Waals surface area contributed by atoms with E-state index in [0.29, 0.717) is 25.6 Å². The highest BCUT2D eigenvalue weighted by Crippen LogP contribution is 2.28. The van der Waals surface area contributed by atoms with Crippen LogP contribution in [-0.2, 0) is 9.53 Å². The lowest BCUT2D eigenvalue weighted by Gasteiger charge is -2.32. The number of amides is 1. The number of carbonyl (C=O) groups excluding carboxylic acids is 1.